The largest absolute Gasteiger partial charge is 0.352 e. The maximum atomic E-state index is 13.2. The van der Waals surface area contributed by atoms with Gasteiger partial charge in [-0.15, -0.1) is 0 Å². The van der Waals surface area contributed by atoms with Gasteiger partial charge < -0.3 is 15.2 Å². The average Bonchev–Trinajstić information content (AvgIpc) is 2.94. The number of aryl methyl sites for hydroxylation is 1. The molecular weight excluding hydrogens is 323 g/mol. The van der Waals surface area contributed by atoms with Crippen molar-refractivity contribution in [3.63, 3.8) is 0 Å². The number of pyridine rings is 1. The lowest BCUT2D eigenvalue weighted by Crippen LogP contribution is -2.48. The van der Waals surface area contributed by atoms with E-state index in [0.717, 1.165) is 13.1 Å². The number of carbonyl (C=O) groups excluding carboxylic acids is 1. The van der Waals surface area contributed by atoms with Crippen LogP contribution in [0.3, 0.4) is 0 Å². The monoisotopic (exact) mass is 340 g/mol. The zero-order valence-electron chi connectivity index (χ0n) is 13.7. The van der Waals surface area contributed by atoms with Crippen LogP contribution in [-0.2, 0) is 0 Å². The first-order valence-corrected chi connectivity index (χ1v) is 8.13. The van der Waals surface area contributed by atoms with Crippen LogP contribution in [0.1, 0.15) is 16.1 Å². The van der Waals surface area contributed by atoms with Gasteiger partial charge in [-0.1, -0.05) is 5.16 Å². The van der Waals surface area contributed by atoms with Crippen molar-refractivity contribution < 1.29 is 13.7 Å². The SMILES string of the molecule is Cc1noc2nc(-c3ccc(F)cc3)cc(C(=O)NCC3CNC3)c12. The highest BCUT2D eigenvalue weighted by molar-refractivity contribution is 6.07. The number of amides is 1. The van der Waals surface area contributed by atoms with Gasteiger partial charge in [0, 0.05) is 31.1 Å². The predicted octanol–water partition coefficient (Wildman–Crippen LogP) is 2.29. The van der Waals surface area contributed by atoms with E-state index in [2.05, 4.69) is 20.8 Å². The number of nitrogens with zero attached hydrogens (tertiary/aromatic N) is 2. The molecule has 0 radical (unpaired) electrons. The standard InChI is InChI=1S/C18H17FN4O2/c1-10-16-14(17(24)21-9-11-7-20-8-11)6-15(22-18(16)25-23-10)12-2-4-13(19)5-3-12/h2-6,11,20H,7-9H2,1H3,(H,21,24). The number of rotatable bonds is 4. The molecule has 6 nitrogen and oxygen atoms in total. The molecule has 0 bridgehead atoms. The molecule has 0 atom stereocenters. The van der Waals surface area contributed by atoms with Crippen LogP contribution in [0.2, 0.25) is 0 Å². The van der Waals surface area contributed by atoms with Crippen molar-refractivity contribution in [2.24, 2.45) is 5.92 Å². The minimum atomic E-state index is -0.326. The van der Waals surface area contributed by atoms with Crippen molar-refractivity contribution in [2.75, 3.05) is 19.6 Å². The van der Waals surface area contributed by atoms with Crippen LogP contribution >= 0.6 is 0 Å². The van der Waals surface area contributed by atoms with E-state index in [1.807, 2.05) is 0 Å². The van der Waals surface area contributed by atoms with Crippen LogP contribution in [0.25, 0.3) is 22.4 Å². The van der Waals surface area contributed by atoms with Gasteiger partial charge in [0.05, 0.1) is 22.3 Å². The summed E-state index contributed by atoms with van der Waals surface area (Å²) in [6, 6.07) is 7.66. The highest BCUT2D eigenvalue weighted by Crippen LogP contribution is 2.27. The molecule has 1 aromatic carbocycles. The highest BCUT2D eigenvalue weighted by atomic mass is 19.1. The number of fused-ring (bicyclic) bond motifs is 1. The third-order valence-electron chi connectivity index (χ3n) is 4.42. The van der Waals surface area contributed by atoms with E-state index in [1.54, 1.807) is 25.1 Å². The highest BCUT2D eigenvalue weighted by Gasteiger charge is 2.22. The molecule has 25 heavy (non-hydrogen) atoms. The van der Waals surface area contributed by atoms with E-state index in [1.165, 1.54) is 12.1 Å². The molecule has 0 saturated carbocycles. The Labute approximate surface area is 143 Å². The second-order valence-electron chi connectivity index (χ2n) is 6.24. The van der Waals surface area contributed by atoms with Gasteiger partial charge in [-0.05, 0) is 37.3 Å². The van der Waals surface area contributed by atoms with E-state index in [4.69, 9.17) is 4.52 Å². The number of benzene rings is 1. The molecular formula is C18H17FN4O2. The first-order chi connectivity index (χ1) is 12.1. The molecule has 0 unspecified atom stereocenters. The molecule has 1 aliphatic rings. The summed E-state index contributed by atoms with van der Waals surface area (Å²) in [5.74, 6) is -0.0530. The second kappa shape index (κ2) is 6.25. The normalized spacial score (nSPS) is 14.5. The Hall–Kier alpha value is -2.80. The Bertz CT molecular complexity index is 932. The summed E-state index contributed by atoms with van der Waals surface area (Å²) >= 11 is 0. The topological polar surface area (TPSA) is 80.0 Å². The van der Waals surface area contributed by atoms with Gasteiger partial charge in [0.15, 0.2) is 0 Å². The smallest absolute Gasteiger partial charge is 0.259 e. The molecule has 3 heterocycles. The van der Waals surface area contributed by atoms with Gasteiger partial charge in [0.2, 0.25) is 0 Å². The van der Waals surface area contributed by atoms with E-state index in [0.29, 0.717) is 46.1 Å². The fourth-order valence-electron chi connectivity index (χ4n) is 2.87. The predicted molar refractivity (Wildman–Crippen MR) is 90.6 cm³/mol. The van der Waals surface area contributed by atoms with Crippen molar-refractivity contribution >= 4 is 17.0 Å². The number of hydrogen-bond acceptors (Lipinski definition) is 5. The van der Waals surface area contributed by atoms with Crippen LogP contribution in [0, 0.1) is 18.7 Å². The molecule has 4 rings (SSSR count). The van der Waals surface area contributed by atoms with Crippen molar-refractivity contribution in [2.45, 2.75) is 6.92 Å². The Balaban J connectivity index is 1.73. The quantitative estimate of drug-likeness (QED) is 0.762. The Kier molecular flexibility index (Phi) is 3.93. The number of aromatic nitrogens is 2. The second-order valence-corrected chi connectivity index (χ2v) is 6.24. The number of halogens is 1. The number of nitrogens with one attached hydrogen (secondary N) is 2. The van der Waals surface area contributed by atoms with Crippen molar-refractivity contribution in [1.29, 1.82) is 0 Å². The zero-order valence-corrected chi connectivity index (χ0v) is 13.7. The molecule has 1 aliphatic heterocycles. The Morgan fingerprint density at radius 2 is 2.12 bits per heavy atom. The lowest BCUT2D eigenvalue weighted by atomic mass is 10.0. The maximum Gasteiger partial charge on any atom is 0.259 e. The van der Waals surface area contributed by atoms with Crippen molar-refractivity contribution in [3.8, 4) is 11.3 Å². The van der Waals surface area contributed by atoms with Gasteiger partial charge in [0.25, 0.3) is 11.6 Å². The van der Waals surface area contributed by atoms with Gasteiger partial charge in [-0.2, -0.15) is 0 Å². The lowest BCUT2D eigenvalue weighted by molar-refractivity contribution is 0.0943. The molecule has 128 valence electrons. The fraction of sp³-hybridized carbons (Fsp3) is 0.278. The van der Waals surface area contributed by atoms with Crippen LogP contribution in [0.4, 0.5) is 4.39 Å². The minimum absolute atomic E-state index is 0.186. The molecule has 0 spiro atoms. The van der Waals surface area contributed by atoms with Crippen molar-refractivity contribution in [1.82, 2.24) is 20.8 Å². The number of hydrogen-bond donors (Lipinski definition) is 2. The Morgan fingerprint density at radius 1 is 1.36 bits per heavy atom. The van der Waals surface area contributed by atoms with Crippen LogP contribution in [-0.4, -0.2) is 35.7 Å². The van der Waals surface area contributed by atoms with E-state index in [9.17, 15) is 9.18 Å². The maximum absolute atomic E-state index is 13.2. The molecule has 3 aromatic rings. The summed E-state index contributed by atoms with van der Waals surface area (Å²) in [6.45, 7) is 4.22. The van der Waals surface area contributed by atoms with E-state index >= 15 is 0 Å². The van der Waals surface area contributed by atoms with E-state index < -0.39 is 0 Å². The summed E-state index contributed by atoms with van der Waals surface area (Å²) in [4.78, 5) is 17.1. The third kappa shape index (κ3) is 2.98. The first kappa shape index (κ1) is 15.7. The third-order valence-corrected chi connectivity index (χ3v) is 4.42. The summed E-state index contributed by atoms with van der Waals surface area (Å²) in [6.07, 6.45) is 0. The summed E-state index contributed by atoms with van der Waals surface area (Å²) in [7, 11) is 0. The molecule has 1 saturated heterocycles. The fourth-order valence-corrected chi connectivity index (χ4v) is 2.87. The molecule has 2 aromatic heterocycles. The number of carbonyl (C=O) groups is 1. The average molecular weight is 340 g/mol. The summed E-state index contributed by atoms with van der Waals surface area (Å²) < 4.78 is 18.4. The summed E-state index contributed by atoms with van der Waals surface area (Å²) in [5, 5.41) is 10.7. The molecule has 7 heteroatoms. The van der Waals surface area contributed by atoms with E-state index in [-0.39, 0.29) is 11.7 Å². The molecule has 1 fully saturated rings. The molecule has 1 amide bonds. The minimum Gasteiger partial charge on any atom is -0.352 e. The van der Waals surface area contributed by atoms with Crippen molar-refractivity contribution in [3.05, 3.63) is 47.4 Å². The zero-order chi connectivity index (χ0) is 17.4. The van der Waals surface area contributed by atoms with Crippen LogP contribution in [0.5, 0.6) is 0 Å². The van der Waals surface area contributed by atoms with Crippen LogP contribution < -0.4 is 10.6 Å². The van der Waals surface area contributed by atoms with Crippen LogP contribution in [0.15, 0.2) is 34.9 Å². The first-order valence-electron chi connectivity index (χ1n) is 8.13. The lowest BCUT2D eigenvalue weighted by Gasteiger charge is -2.27. The van der Waals surface area contributed by atoms with Gasteiger partial charge in [-0.25, -0.2) is 9.37 Å². The van der Waals surface area contributed by atoms with Gasteiger partial charge in [0.1, 0.15) is 5.82 Å². The Morgan fingerprint density at radius 3 is 2.80 bits per heavy atom. The van der Waals surface area contributed by atoms with Gasteiger partial charge in [-0.3, -0.25) is 4.79 Å². The summed E-state index contributed by atoms with van der Waals surface area (Å²) in [5.41, 5.74) is 2.63. The molecule has 2 N–H and O–H groups in total. The molecule has 0 aliphatic carbocycles. The van der Waals surface area contributed by atoms with Gasteiger partial charge >= 0.3 is 0 Å².